The molecule has 4 rings (SSSR count). The van der Waals surface area contributed by atoms with Gasteiger partial charge < -0.3 is 20.3 Å². The van der Waals surface area contributed by atoms with Gasteiger partial charge in [-0.25, -0.2) is 9.97 Å². The van der Waals surface area contributed by atoms with Crippen molar-refractivity contribution < 1.29 is 5.11 Å². The Morgan fingerprint density at radius 2 is 2.25 bits per heavy atom. The molecule has 0 saturated carbocycles. The maximum atomic E-state index is 12.4. The van der Waals surface area contributed by atoms with E-state index in [4.69, 9.17) is 0 Å². The lowest BCUT2D eigenvalue weighted by Gasteiger charge is -2.31. The fourth-order valence-corrected chi connectivity index (χ4v) is 4.53. The Hall–Kier alpha value is -2.52. The molecule has 28 heavy (non-hydrogen) atoms. The summed E-state index contributed by atoms with van der Waals surface area (Å²) < 4.78 is 0. The minimum Gasteiger partial charge on any atom is -0.391 e. The van der Waals surface area contributed by atoms with Crippen LogP contribution in [0, 0.1) is 13.8 Å². The summed E-state index contributed by atoms with van der Waals surface area (Å²) in [5.74, 6) is 2.00. The van der Waals surface area contributed by atoms with Crippen molar-refractivity contribution in [2.75, 3.05) is 29.9 Å². The lowest BCUT2D eigenvalue weighted by atomic mass is 10.1. The third-order valence-corrected chi connectivity index (χ3v) is 6.20. The molecule has 9 heteroatoms. The quantitative estimate of drug-likeness (QED) is 0.601. The van der Waals surface area contributed by atoms with Gasteiger partial charge in [-0.15, -0.1) is 11.3 Å². The van der Waals surface area contributed by atoms with Crippen molar-refractivity contribution in [1.29, 1.82) is 0 Å². The number of hydrogen-bond donors (Lipinski definition) is 3. The number of β-amino-alcohol motifs (C(OH)–C–C–N with tert-alkyl or cyclic N) is 1. The normalized spacial score (nSPS) is 17.2. The molecule has 0 bridgehead atoms. The maximum absolute atomic E-state index is 12.4. The Morgan fingerprint density at radius 3 is 3.07 bits per heavy atom. The number of fused-ring (bicyclic) bond motifs is 1. The Morgan fingerprint density at radius 1 is 1.39 bits per heavy atom. The van der Waals surface area contributed by atoms with Crippen LogP contribution < -0.4 is 15.8 Å². The number of aryl methyl sites for hydroxylation is 2. The van der Waals surface area contributed by atoms with E-state index in [1.807, 2.05) is 19.9 Å². The first kappa shape index (κ1) is 18.8. The van der Waals surface area contributed by atoms with Gasteiger partial charge in [-0.1, -0.05) is 0 Å². The van der Waals surface area contributed by atoms with Crippen molar-refractivity contribution in [3.05, 3.63) is 38.9 Å². The smallest absolute Gasteiger partial charge is 0.259 e. The van der Waals surface area contributed by atoms with Crippen molar-refractivity contribution in [2.24, 2.45) is 0 Å². The van der Waals surface area contributed by atoms with E-state index < -0.39 is 0 Å². The van der Waals surface area contributed by atoms with Gasteiger partial charge in [0.05, 0.1) is 11.5 Å². The number of hydrogen-bond acceptors (Lipinski definition) is 8. The van der Waals surface area contributed by atoms with Crippen molar-refractivity contribution in [3.8, 4) is 0 Å². The summed E-state index contributed by atoms with van der Waals surface area (Å²) in [6.07, 6.45) is 3.77. The van der Waals surface area contributed by atoms with Crippen molar-refractivity contribution in [2.45, 2.75) is 39.2 Å². The highest BCUT2D eigenvalue weighted by atomic mass is 32.1. The highest BCUT2D eigenvalue weighted by Crippen LogP contribution is 2.25. The number of aliphatic hydroxyl groups excluding tert-OH is 1. The summed E-state index contributed by atoms with van der Waals surface area (Å²) in [4.78, 5) is 32.6. The predicted octanol–water partition coefficient (Wildman–Crippen LogP) is 2.01. The second-order valence-corrected chi connectivity index (χ2v) is 8.34. The van der Waals surface area contributed by atoms with Gasteiger partial charge in [0.25, 0.3) is 5.56 Å². The van der Waals surface area contributed by atoms with E-state index in [0.717, 1.165) is 40.5 Å². The Kier molecular flexibility index (Phi) is 5.27. The SMILES string of the molecule is Cc1sc2nc(CCNc3nccc(N4CCCC(O)C4)n3)[nH]c(=O)c2c1C. The van der Waals surface area contributed by atoms with Crippen molar-refractivity contribution >= 4 is 33.3 Å². The molecule has 0 radical (unpaired) electrons. The van der Waals surface area contributed by atoms with E-state index in [2.05, 4.69) is 30.2 Å². The molecule has 0 aliphatic carbocycles. The van der Waals surface area contributed by atoms with E-state index in [9.17, 15) is 9.90 Å². The van der Waals surface area contributed by atoms with Gasteiger partial charge in [-0.2, -0.15) is 4.98 Å². The first-order valence-electron chi connectivity index (χ1n) is 9.50. The highest BCUT2D eigenvalue weighted by molar-refractivity contribution is 7.18. The summed E-state index contributed by atoms with van der Waals surface area (Å²) in [7, 11) is 0. The third-order valence-electron chi connectivity index (χ3n) is 5.09. The summed E-state index contributed by atoms with van der Waals surface area (Å²) in [5.41, 5.74) is 0.926. The molecule has 148 valence electrons. The average molecular weight is 401 g/mol. The molecule has 1 atom stereocenters. The van der Waals surface area contributed by atoms with Crippen LogP contribution in [-0.4, -0.2) is 50.8 Å². The number of piperidine rings is 1. The van der Waals surface area contributed by atoms with Gasteiger partial charge in [-0.05, 0) is 38.3 Å². The zero-order valence-electron chi connectivity index (χ0n) is 16.0. The van der Waals surface area contributed by atoms with Gasteiger partial charge in [0, 0.05) is 37.1 Å². The van der Waals surface area contributed by atoms with Gasteiger partial charge in [0.15, 0.2) is 0 Å². The summed E-state index contributed by atoms with van der Waals surface area (Å²) in [6, 6.07) is 1.86. The zero-order valence-corrected chi connectivity index (χ0v) is 16.8. The Bertz CT molecular complexity index is 1050. The topological polar surface area (TPSA) is 107 Å². The molecule has 0 amide bonds. The van der Waals surface area contributed by atoms with Crippen LogP contribution in [0.1, 0.15) is 29.1 Å². The first-order chi connectivity index (χ1) is 13.5. The third kappa shape index (κ3) is 3.85. The van der Waals surface area contributed by atoms with Crippen LogP contribution in [0.3, 0.4) is 0 Å². The summed E-state index contributed by atoms with van der Waals surface area (Å²) in [6.45, 7) is 6.01. The van der Waals surface area contributed by atoms with Crippen LogP contribution in [-0.2, 0) is 6.42 Å². The largest absolute Gasteiger partial charge is 0.391 e. The van der Waals surface area contributed by atoms with E-state index in [0.29, 0.717) is 36.7 Å². The summed E-state index contributed by atoms with van der Waals surface area (Å²) in [5, 5.41) is 13.7. The molecule has 3 aromatic rings. The number of aromatic nitrogens is 4. The van der Waals surface area contributed by atoms with Crippen LogP contribution in [0.5, 0.6) is 0 Å². The van der Waals surface area contributed by atoms with E-state index in [-0.39, 0.29) is 11.7 Å². The number of nitrogens with zero attached hydrogens (tertiary/aromatic N) is 4. The molecule has 4 heterocycles. The molecule has 1 saturated heterocycles. The molecule has 8 nitrogen and oxygen atoms in total. The first-order valence-corrected chi connectivity index (χ1v) is 10.3. The number of rotatable bonds is 5. The fraction of sp³-hybridized carbons (Fsp3) is 0.474. The number of aliphatic hydroxyl groups is 1. The highest BCUT2D eigenvalue weighted by Gasteiger charge is 2.19. The van der Waals surface area contributed by atoms with Crippen LogP contribution in [0.25, 0.3) is 10.2 Å². The Balaban J connectivity index is 1.42. The van der Waals surface area contributed by atoms with Crippen LogP contribution >= 0.6 is 11.3 Å². The molecule has 1 unspecified atom stereocenters. The van der Waals surface area contributed by atoms with Crippen LogP contribution in [0.2, 0.25) is 0 Å². The predicted molar refractivity (Wildman–Crippen MR) is 111 cm³/mol. The molecular formula is C19H24N6O2S. The summed E-state index contributed by atoms with van der Waals surface area (Å²) >= 11 is 1.55. The molecule has 1 fully saturated rings. The van der Waals surface area contributed by atoms with Gasteiger partial charge >= 0.3 is 0 Å². The van der Waals surface area contributed by atoms with E-state index in [1.165, 1.54) is 0 Å². The monoisotopic (exact) mass is 400 g/mol. The number of H-pyrrole nitrogens is 1. The lowest BCUT2D eigenvalue weighted by molar-refractivity contribution is 0.154. The van der Waals surface area contributed by atoms with Gasteiger partial charge in [0.2, 0.25) is 5.95 Å². The van der Waals surface area contributed by atoms with E-state index >= 15 is 0 Å². The average Bonchev–Trinajstić information content (AvgIpc) is 2.96. The number of anilines is 2. The van der Waals surface area contributed by atoms with Crippen molar-refractivity contribution in [1.82, 2.24) is 19.9 Å². The number of aromatic amines is 1. The molecule has 1 aliphatic heterocycles. The number of nitrogens with one attached hydrogen (secondary N) is 2. The van der Waals surface area contributed by atoms with E-state index in [1.54, 1.807) is 17.5 Å². The van der Waals surface area contributed by atoms with Crippen LogP contribution in [0.15, 0.2) is 17.1 Å². The maximum Gasteiger partial charge on any atom is 0.259 e. The second-order valence-electron chi connectivity index (χ2n) is 7.13. The van der Waals surface area contributed by atoms with Gasteiger partial charge in [0.1, 0.15) is 16.5 Å². The zero-order chi connectivity index (χ0) is 19.7. The van der Waals surface area contributed by atoms with Crippen molar-refractivity contribution in [3.63, 3.8) is 0 Å². The fourth-order valence-electron chi connectivity index (χ4n) is 3.48. The molecular weight excluding hydrogens is 376 g/mol. The molecule has 3 aromatic heterocycles. The molecule has 0 spiro atoms. The minimum atomic E-state index is -0.303. The standard InChI is InChI=1S/C19H24N6O2S/c1-11-12(2)28-18-16(11)17(27)22-14(23-18)5-7-20-19-21-8-6-15(24-19)25-9-3-4-13(26)10-25/h6,8,13,26H,3-5,7,9-10H2,1-2H3,(H,20,21,24)(H,22,23,27). The van der Waals surface area contributed by atoms with Gasteiger partial charge in [-0.3, -0.25) is 4.79 Å². The molecule has 1 aliphatic rings. The second kappa shape index (κ2) is 7.84. The molecule has 0 aromatic carbocycles. The Labute approximate surface area is 166 Å². The lowest BCUT2D eigenvalue weighted by Crippen LogP contribution is -2.38. The molecule has 3 N–H and O–H groups in total. The minimum absolute atomic E-state index is 0.0799. The van der Waals surface area contributed by atoms with Crippen LogP contribution in [0.4, 0.5) is 11.8 Å². The number of thiophene rings is 1.